The van der Waals surface area contributed by atoms with Crippen LogP contribution in [0.2, 0.25) is 0 Å². The van der Waals surface area contributed by atoms with Gasteiger partial charge in [-0.15, -0.1) is 0 Å². The van der Waals surface area contributed by atoms with Gasteiger partial charge in [-0.25, -0.2) is 4.99 Å². The predicted octanol–water partition coefficient (Wildman–Crippen LogP) is 1.08. The van der Waals surface area contributed by atoms with Crippen molar-refractivity contribution in [3.63, 3.8) is 0 Å². The van der Waals surface area contributed by atoms with Crippen LogP contribution in [0.15, 0.2) is 34.2 Å². The summed E-state index contributed by atoms with van der Waals surface area (Å²) in [6.45, 7) is 0. The average molecular weight is 214 g/mol. The topological polar surface area (TPSA) is 38.4 Å². The lowest BCUT2D eigenvalue weighted by Crippen LogP contribution is -2.17. The van der Waals surface area contributed by atoms with Crippen molar-refractivity contribution in [3.8, 4) is 0 Å². The lowest BCUT2D eigenvalue weighted by Gasteiger charge is -2.00. The zero-order chi connectivity index (χ0) is 8.77. The molecule has 1 aliphatic heterocycles. The van der Waals surface area contributed by atoms with Gasteiger partial charge in [0.2, 0.25) is 0 Å². The molecule has 62 valence electrons. The Balaban J connectivity index is 2.83. The molecule has 0 bridgehead atoms. The number of hydrogen-bond acceptors (Lipinski definition) is 4. The Labute approximate surface area is 80.3 Å². The molecule has 1 aromatic carbocycles. The third-order valence-corrected chi connectivity index (χ3v) is 5.33. The lowest BCUT2D eigenvalue weighted by atomic mass is 10.3. The maximum atomic E-state index is 5.64. The van der Waals surface area contributed by atoms with E-state index in [0.29, 0.717) is 5.17 Å². The molecule has 0 amide bonds. The third kappa shape index (κ3) is 0.972. The number of rotatable bonds is 0. The van der Waals surface area contributed by atoms with Crippen molar-refractivity contribution >= 4 is 40.4 Å². The van der Waals surface area contributed by atoms with E-state index in [1.54, 1.807) is 0 Å². The number of benzene rings is 1. The van der Waals surface area contributed by atoms with Crippen LogP contribution in [0.1, 0.15) is 0 Å². The van der Waals surface area contributed by atoms with E-state index in [9.17, 15) is 0 Å². The Hall–Kier alpha value is -0.520. The number of fused-ring (bicyclic) bond motifs is 1. The van der Waals surface area contributed by atoms with E-state index in [-0.39, 0.29) is 0 Å². The van der Waals surface area contributed by atoms with Crippen molar-refractivity contribution in [1.29, 1.82) is 0 Å². The highest BCUT2D eigenvalue weighted by atomic mass is 33.1. The number of nitrogens with two attached hydrogens (primary N) is 1. The molecule has 0 radical (unpaired) electrons. The Bertz CT molecular complexity index is 459. The molecule has 2 N–H and O–H groups in total. The van der Waals surface area contributed by atoms with E-state index < -0.39 is 7.15 Å². The van der Waals surface area contributed by atoms with Crippen molar-refractivity contribution in [2.45, 2.75) is 4.90 Å². The van der Waals surface area contributed by atoms with Gasteiger partial charge in [-0.2, -0.15) is 0 Å². The number of nitrogens with zero attached hydrogens (tertiary/aromatic N) is 1. The monoisotopic (exact) mass is 214 g/mol. The molecule has 2 nitrogen and oxygen atoms in total. The summed E-state index contributed by atoms with van der Waals surface area (Å²) < 4.78 is 0. The fourth-order valence-corrected chi connectivity index (χ4v) is 3.23. The van der Waals surface area contributed by atoms with Crippen LogP contribution in [-0.2, 0) is 29.5 Å². The van der Waals surface area contributed by atoms with Crippen LogP contribution >= 0.6 is 0 Å². The first kappa shape index (κ1) is 8.10. The summed E-state index contributed by atoms with van der Waals surface area (Å²) in [4.78, 5) is 5.07. The molecule has 0 atom stereocenters. The van der Waals surface area contributed by atoms with Crippen molar-refractivity contribution < 1.29 is 0 Å². The van der Waals surface area contributed by atoms with Crippen molar-refractivity contribution in [2.75, 3.05) is 0 Å². The van der Waals surface area contributed by atoms with Crippen LogP contribution in [0.5, 0.6) is 0 Å². The van der Waals surface area contributed by atoms with E-state index in [1.165, 1.54) is 0 Å². The fourth-order valence-electron chi connectivity index (χ4n) is 1.07. The van der Waals surface area contributed by atoms with Gasteiger partial charge in [0.25, 0.3) is 0 Å². The van der Waals surface area contributed by atoms with E-state index >= 15 is 0 Å². The molecular weight excluding hydrogens is 208 g/mol. The summed E-state index contributed by atoms with van der Waals surface area (Å²) in [5.74, 6) is 0. The second-order valence-corrected chi connectivity index (χ2v) is 7.92. The van der Waals surface area contributed by atoms with Gasteiger partial charge in [0.15, 0.2) is 5.17 Å². The van der Waals surface area contributed by atoms with Crippen molar-refractivity contribution in [3.05, 3.63) is 24.3 Å². The van der Waals surface area contributed by atoms with Crippen LogP contribution in [0.4, 0.5) is 5.69 Å². The second kappa shape index (κ2) is 2.48. The zero-order valence-corrected chi connectivity index (χ0v) is 8.51. The van der Waals surface area contributed by atoms with Gasteiger partial charge in [0, 0.05) is 12.0 Å². The van der Waals surface area contributed by atoms with Crippen molar-refractivity contribution in [2.24, 2.45) is 10.7 Å². The van der Waals surface area contributed by atoms with E-state index in [0.717, 1.165) is 10.6 Å². The fraction of sp³-hybridized carbons (Fsp3) is 0. The summed E-state index contributed by atoms with van der Waals surface area (Å²) in [5, 5.41) is 0.425. The minimum atomic E-state index is -1.79. The first-order valence-corrected chi connectivity index (χ1v) is 6.79. The highest BCUT2D eigenvalue weighted by molar-refractivity contribution is 8.63. The Kier molecular flexibility index (Phi) is 1.67. The molecule has 0 saturated carbocycles. The van der Waals surface area contributed by atoms with Gasteiger partial charge in [-0.3, -0.25) is 0 Å². The predicted molar refractivity (Wildman–Crippen MR) is 58.1 cm³/mol. The van der Waals surface area contributed by atoms with Gasteiger partial charge in [-0.1, -0.05) is 12.1 Å². The van der Waals surface area contributed by atoms with Gasteiger partial charge < -0.3 is 5.73 Å². The first-order valence-electron chi connectivity index (χ1n) is 3.30. The number of para-hydroxylation sites is 1. The molecule has 0 unspecified atom stereocenters. The zero-order valence-electron chi connectivity index (χ0n) is 6.06. The number of hydrogen-bond donors (Lipinski definition) is 1. The van der Waals surface area contributed by atoms with Crippen LogP contribution in [-0.4, -0.2) is 5.17 Å². The van der Waals surface area contributed by atoms with Crippen LogP contribution in [0.25, 0.3) is 0 Å². The summed E-state index contributed by atoms with van der Waals surface area (Å²) in [7, 11) is -1.79. The second-order valence-electron chi connectivity index (χ2n) is 2.42. The molecule has 0 spiro atoms. The summed E-state index contributed by atoms with van der Waals surface area (Å²) in [5.41, 5.74) is 6.48. The minimum absolute atomic E-state index is 0.425. The third-order valence-electron chi connectivity index (χ3n) is 1.66. The maximum Gasteiger partial charge on any atom is 0.171 e. The normalized spacial score (nSPS) is 18.5. The Morgan fingerprint density at radius 3 is 2.58 bits per heavy atom. The molecule has 1 heterocycles. The summed E-state index contributed by atoms with van der Waals surface area (Å²) in [6, 6.07) is 7.61. The smallest absolute Gasteiger partial charge is 0.171 e. The van der Waals surface area contributed by atoms with Gasteiger partial charge in [0.1, 0.15) is 0 Å². The molecule has 1 aromatic rings. The molecule has 0 aromatic heterocycles. The number of aliphatic imine (C=N–C) groups is 1. The molecular formula is C7H6N2S3. The van der Waals surface area contributed by atoms with Crippen LogP contribution in [0, 0.1) is 0 Å². The van der Waals surface area contributed by atoms with E-state index in [1.807, 2.05) is 24.3 Å². The molecule has 0 fully saturated rings. The van der Waals surface area contributed by atoms with Gasteiger partial charge in [-0.05, 0) is 34.5 Å². The van der Waals surface area contributed by atoms with Crippen LogP contribution in [0.3, 0.4) is 0 Å². The van der Waals surface area contributed by atoms with Crippen LogP contribution < -0.4 is 5.73 Å². The minimum Gasteiger partial charge on any atom is -0.377 e. The van der Waals surface area contributed by atoms with E-state index in [2.05, 4.69) is 4.99 Å². The Morgan fingerprint density at radius 1 is 1.25 bits per heavy atom. The largest absolute Gasteiger partial charge is 0.377 e. The SMILES string of the molecule is NC1=Nc2ccccc2S1(=S)=S. The quantitative estimate of drug-likeness (QED) is 0.702. The number of amidine groups is 1. The molecule has 1 aliphatic rings. The molecule has 0 aliphatic carbocycles. The molecule has 2 rings (SSSR count). The first-order chi connectivity index (χ1) is 5.62. The maximum absolute atomic E-state index is 5.64. The summed E-state index contributed by atoms with van der Waals surface area (Å²) in [6.07, 6.45) is 0. The van der Waals surface area contributed by atoms with Gasteiger partial charge in [0.05, 0.1) is 5.69 Å². The lowest BCUT2D eigenvalue weighted by molar-refractivity contribution is 1.40. The standard InChI is InChI=1S/C7H6N2S3/c8-7-9-5-3-1-2-4-6(5)12(7,10)11/h1-4H,(H2,8,9). The molecule has 5 heteroatoms. The highest BCUT2D eigenvalue weighted by Gasteiger charge is 2.21. The highest BCUT2D eigenvalue weighted by Crippen LogP contribution is 2.31. The Morgan fingerprint density at radius 2 is 1.92 bits per heavy atom. The average Bonchev–Trinajstić information content (AvgIpc) is 2.25. The van der Waals surface area contributed by atoms with Crippen molar-refractivity contribution in [1.82, 2.24) is 0 Å². The molecule has 0 saturated heterocycles. The van der Waals surface area contributed by atoms with Gasteiger partial charge >= 0.3 is 0 Å². The van der Waals surface area contributed by atoms with E-state index in [4.69, 9.17) is 28.1 Å². The molecule has 12 heavy (non-hydrogen) atoms. The summed E-state index contributed by atoms with van der Waals surface area (Å²) >= 11 is 10.5.